The van der Waals surface area contributed by atoms with Crippen LogP contribution in [0.1, 0.15) is 25.1 Å². The van der Waals surface area contributed by atoms with Crippen molar-refractivity contribution in [1.82, 2.24) is 4.98 Å². The Hall–Kier alpha value is -2.54. The van der Waals surface area contributed by atoms with E-state index in [0.29, 0.717) is 5.69 Å². The Labute approximate surface area is 120 Å². The number of para-hydroxylation sites is 1. The highest BCUT2D eigenvalue weighted by Gasteiger charge is 2.20. The van der Waals surface area contributed by atoms with Gasteiger partial charge in [0.05, 0.1) is 16.8 Å². The lowest BCUT2D eigenvalue weighted by molar-refractivity contribution is -0.385. The van der Waals surface area contributed by atoms with Gasteiger partial charge in [-0.05, 0) is 24.6 Å². The second kappa shape index (κ2) is 6.27. The van der Waals surface area contributed by atoms with Gasteiger partial charge in [0, 0.05) is 12.1 Å². The molecule has 1 aromatic heterocycles. The molecule has 0 aliphatic carbocycles. The molecule has 0 radical (unpaired) electrons. The molecule has 6 nitrogen and oxygen atoms in total. The molecular weight excluding hydrogens is 277 g/mol. The Morgan fingerprint density at radius 1 is 1.43 bits per heavy atom. The Morgan fingerprint density at radius 3 is 2.76 bits per heavy atom. The fraction of sp³-hybridized carbons (Fsp3) is 0.214. The lowest BCUT2D eigenvalue weighted by Gasteiger charge is -2.10. The zero-order valence-electron chi connectivity index (χ0n) is 11.3. The van der Waals surface area contributed by atoms with Crippen LogP contribution in [-0.2, 0) is 0 Å². The second-order valence-electron chi connectivity index (χ2n) is 4.38. The first kappa shape index (κ1) is 14.9. The van der Waals surface area contributed by atoms with Crippen LogP contribution in [0.3, 0.4) is 0 Å². The minimum absolute atomic E-state index is 0.193. The summed E-state index contributed by atoms with van der Waals surface area (Å²) in [7, 11) is 0. The quantitative estimate of drug-likeness (QED) is 0.674. The van der Waals surface area contributed by atoms with Gasteiger partial charge in [0.25, 0.3) is 0 Å². The van der Waals surface area contributed by atoms with Crippen molar-refractivity contribution in [3.05, 3.63) is 58.2 Å². The fourth-order valence-corrected chi connectivity index (χ4v) is 1.74. The van der Waals surface area contributed by atoms with Gasteiger partial charge in [-0.3, -0.25) is 15.1 Å². The summed E-state index contributed by atoms with van der Waals surface area (Å²) in [5.74, 6) is -1.04. The summed E-state index contributed by atoms with van der Waals surface area (Å²) in [5.41, 5.74) is 6.07. The highest BCUT2D eigenvalue weighted by atomic mass is 19.1. The lowest BCUT2D eigenvalue weighted by atomic mass is 10.1. The summed E-state index contributed by atoms with van der Waals surface area (Å²) in [6.45, 7) is 1.93. The molecule has 0 amide bonds. The van der Waals surface area contributed by atoms with E-state index in [-0.39, 0.29) is 11.8 Å². The van der Waals surface area contributed by atoms with Gasteiger partial charge in [-0.2, -0.15) is 0 Å². The van der Waals surface area contributed by atoms with E-state index in [0.717, 1.165) is 12.5 Å². The number of nitrogens with two attached hydrogens (primary N) is 1. The van der Waals surface area contributed by atoms with E-state index in [4.69, 9.17) is 10.5 Å². The van der Waals surface area contributed by atoms with E-state index in [1.807, 2.05) is 6.92 Å². The average molecular weight is 291 g/mol. The number of pyridine rings is 1. The van der Waals surface area contributed by atoms with E-state index in [2.05, 4.69) is 4.98 Å². The van der Waals surface area contributed by atoms with Crippen LogP contribution in [0.25, 0.3) is 0 Å². The van der Waals surface area contributed by atoms with Crippen molar-refractivity contribution < 1.29 is 14.1 Å². The van der Waals surface area contributed by atoms with Crippen molar-refractivity contribution in [2.45, 2.75) is 19.4 Å². The van der Waals surface area contributed by atoms with E-state index >= 15 is 0 Å². The molecule has 1 heterocycles. The molecule has 0 fully saturated rings. The maximum absolute atomic E-state index is 13.7. The molecule has 0 aliphatic heterocycles. The van der Waals surface area contributed by atoms with Gasteiger partial charge in [0.2, 0.25) is 5.75 Å². The Kier molecular flexibility index (Phi) is 4.44. The summed E-state index contributed by atoms with van der Waals surface area (Å²) in [4.78, 5) is 14.3. The molecule has 2 N–H and O–H groups in total. The van der Waals surface area contributed by atoms with Crippen LogP contribution in [0.15, 0.2) is 36.5 Å². The number of hydrogen-bond acceptors (Lipinski definition) is 5. The van der Waals surface area contributed by atoms with Gasteiger partial charge in [0.1, 0.15) is 5.75 Å². The Bertz CT molecular complexity index is 646. The first-order valence-corrected chi connectivity index (χ1v) is 6.35. The summed E-state index contributed by atoms with van der Waals surface area (Å²) in [6, 6.07) is 6.53. The number of nitrogens with zero attached hydrogens (tertiary/aromatic N) is 2. The van der Waals surface area contributed by atoms with Crippen LogP contribution >= 0.6 is 0 Å². The standard InChI is InChI=1S/C14H14FN3O3/c1-2-11(16)12-7-6-9(8-17-12)21-14-10(15)4-3-5-13(14)18(19)20/h3-8,11H,2,16H2,1H3/t11-/m0/s1. The first-order valence-electron chi connectivity index (χ1n) is 6.35. The van der Waals surface area contributed by atoms with Crippen molar-refractivity contribution in [2.75, 3.05) is 0 Å². The second-order valence-corrected chi connectivity index (χ2v) is 4.38. The van der Waals surface area contributed by atoms with Gasteiger partial charge < -0.3 is 10.5 Å². The minimum atomic E-state index is -0.807. The molecule has 7 heteroatoms. The number of nitro groups is 1. The van der Waals surface area contributed by atoms with Gasteiger partial charge in [-0.25, -0.2) is 4.39 Å². The number of rotatable bonds is 5. The van der Waals surface area contributed by atoms with E-state index in [1.165, 1.54) is 18.3 Å². The van der Waals surface area contributed by atoms with E-state index < -0.39 is 22.2 Å². The highest BCUT2D eigenvalue weighted by Crippen LogP contribution is 2.33. The monoisotopic (exact) mass is 291 g/mol. The van der Waals surface area contributed by atoms with E-state index in [1.54, 1.807) is 12.1 Å². The largest absolute Gasteiger partial charge is 0.445 e. The topological polar surface area (TPSA) is 91.3 Å². The van der Waals surface area contributed by atoms with Crippen LogP contribution in [0, 0.1) is 15.9 Å². The summed E-state index contributed by atoms with van der Waals surface area (Å²) in [6.07, 6.45) is 2.09. The molecule has 0 saturated heterocycles. The summed E-state index contributed by atoms with van der Waals surface area (Å²) in [5, 5.41) is 10.9. The van der Waals surface area contributed by atoms with Crippen LogP contribution < -0.4 is 10.5 Å². The van der Waals surface area contributed by atoms with Crippen molar-refractivity contribution in [1.29, 1.82) is 0 Å². The predicted molar refractivity (Wildman–Crippen MR) is 74.6 cm³/mol. The van der Waals surface area contributed by atoms with Gasteiger partial charge in [-0.15, -0.1) is 0 Å². The molecule has 2 aromatic rings. The van der Waals surface area contributed by atoms with Crippen LogP contribution in [0.2, 0.25) is 0 Å². The van der Waals surface area contributed by atoms with Crippen LogP contribution in [0.4, 0.5) is 10.1 Å². The van der Waals surface area contributed by atoms with Gasteiger partial charge in [0.15, 0.2) is 5.82 Å². The Morgan fingerprint density at radius 2 is 2.19 bits per heavy atom. The molecule has 0 spiro atoms. The molecule has 110 valence electrons. The zero-order chi connectivity index (χ0) is 15.4. The first-order chi connectivity index (χ1) is 10.0. The SMILES string of the molecule is CC[C@H](N)c1ccc(Oc2c(F)cccc2[N+](=O)[O-])cn1. The highest BCUT2D eigenvalue weighted by molar-refractivity contribution is 5.49. The third kappa shape index (κ3) is 3.32. The maximum Gasteiger partial charge on any atom is 0.314 e. The molecule has 0 bridgehead atoms. The van der Waals surface area contributed by atoms with Gasteiger partial charge >= 0.3 is 5.69 Å². The number of benzene rings is 1. The molecule has 0 saturated carbocycles. The number of nitro benzene ring substituents is 1. The molecule has 21 heavy (non-hydrogen) atoms. The third-order valence-corrected chi connectivity index (χ3v) is 2.94. The summed E-state index contributed by atoms with van der Waals surface area (Å²) < 4.78 is 18.9. The number of hydrogen-bond donors (Lipinski definition) is 1. The van der Waals surface area contributed by atoms with Gasteiger partial charge in [-0.1, -0.05) is 13.0 Å². The molecule has 0 unspecified atom stereocenters. The third-order valence-electron chi connectivity index (χ3n) is 2.94. The van der Waals surface area contributed by atoms with Crippen LogP contribution in [0.5, 0.6) is 11.5 Å². The van der Waals surface area contributed by atoms with Crippen molar-refractivity contribution in [3.63, 3.8) is 0 Å². The normalized spacial score (nSPS) is 12.0. The molecular formula is C14H14FN3O3. The Balaban J connectivity index is 2.28. The predicted octanol–water partition coefficient (Wildman–Crippen LogP) is 3.33. The van der Waals surface area contributed by atoms with Crippen molar-refractivity contribution >= 4 is 5.69 Å². The lowest BCUT2D eigenvalue weighted by Crippen LogP contribution is -2.10. The van der Waals surface area contributed by atoms with E-state index in [9.17, 15) is 14.5 Å². The molecule has 1 aromatic carbocycles. The molecule has 0 aliphatic rings. The number of ether oxygens (including phenoxy) is 1. The summed E-state index contributed by atoms with van der Waals surface area (Å²) >= 11 is 0. The number of halogens is 1. The van der Waals surface area contributed by atoms with Crippen molar-refractivity contribution in [2.24, 2.45) is 5.73 Å². The van der Waals surface area contributed by atoms with Crippen LogP contribution in [-0.4, -0.2) is 9.91 Å². The fourth-order valence-electron chi connectivity index (χ4n) is 1.74. The number of aromatic nitrogens is 1. The smallest absolute Gasteiger partial charge is 0.314 e. The molecule has 1 atom stereocenters. The van der Waals surface area contributed by atoms with Crippen molar-refractivity contribution in [3.8, 4) is 11.5 Å². The zero-order valence-corrected chi connectivity index (χ0v) is 11.3. The average Bonchev–Trinajstić information content (AvgIpc) is 2.49. The minimum Gasteiger partial charge on any atom is -0.445 e. The maximum atomic E-state index is 13.7. The molecule has 2 rings (SSSR count).